The summed E-state index contributed by atoms with van der Waals surface area (Å²) in [5.74, 6) is -0.358. The van der Waals surface area contributed by atoms with Crippen LogP contribution in [0.2, 0.25) is 0 Å². The van der Waals surface area contributed by atoms with E-state index in [9.17, 15) is 19.2 Å². The monoisotopic (exact) mass is 621 g/mol. The summed E-state index contributed by atoms with van der Waals surface area (Å²) < 4.78 is 1.30. The van der Waals surface area contributed by atoms with Crippen LogP contribution in [-0.4, -0.2) is 56.6 Å². The highest BCUT2D eigenvalue weighted by Gasteiger charge is 2.25. The Balaban J connectivity index is 1.51. The van der Waals surface area contributed by atoms with Gasteiger partial charge in [-0.3, -0.25) is 19.4 Å². The van der Waals surface area contributed by atoms with E-state index in [4.69, 9.17) is 0 Å². The Bertz CT molecular complexity index is 1840. The number of nitrogens with zero attached hydrogens (tertiary/aromatic N) is 4. The molecule has 1 saturated carbocycles. The van der Waals surface area contributed by atoms with Gasteiger partial charge in [-0.1, -0.05) is 18.2 Å². The van der Waals surface area contributed by atoms with Gasteiger partial charge in [0.15, 0.2) is 0 Å². The molecule has 4 amide bonds. The molecule has 4 aromatic rings. The molecule has 0 radical (unpaired) electrons. The van der Waals surface area contributed by atoms with Crippen LogP contribution in [0.15, 0.2) is 65.7 Å². The van der Waals surface area contributed by atoms with Crippen molar-refractivity contribution < 1.29 is 14.4 Å². The van der Waals surface area contributed by atoms with E-state index in [1.807, 2.05) is 52.0 Å². The molecule has 3 N–H and O–H groups in total. The summed E-state index contributed by atoms with van der Waals surface area (Å²) in [5, 5.41) is 13.1. The molecular formula is C35H39N7O4. The van der Waals surface area contributed by atoms with Crippen LogP contribution < -0.4 is 21.5 Å². The van der Waals surface area contributed by atoms with Gasteiger partial charge in [0, 0.05) is 54.8 Å². The van der Waals surface area contributed by atoms with Crippen LogP contribution >= 0.6 is 0 Å². The number of aryl methyl sites for hydroxylation is 3. The largest absolute Gasteiger partial charge is 0.349 e. The van der Waals surface area contributed by atoms with Gasteiger partial charge in [-0.2, -0.15) is 5.10 Å². The molecular weight excluding hydrogens is 582 g/mol. The Morgan fingerprint density at radius 1 is 0.870 bits per heavy atom. The van der Waals surface area contributed by atoms with Crippen molar-refractivity contribution in [2.45, 2.75) is 60.0 Å². The van der Waals surface area contributed by atoms with Crippen LogP contribution in [0.1, 0.15) is 65.5 Å². The number of carbonyl (C=O) groups is 3. The second-order valence-electron chi connectivity index (χ2n) is 11.4. The van der Waals surface area contributed by atoms with E-state index in [1.165, 1.54) is 4.68 Å². The van der Waals surface area contributed by atoms with Gasteiger partial charge in [0.1, 0.15) is 5.69 Å². The lowest BCUT2D eigenvalue weighted by atomic mass is 9.96. The van der Waals surface area contributed by atoms with E-state index >= 15 is 0 Å². The molecule has 2 heterocycles. The highest BCUT2D eigenvalue weighted by atomic mass is 16.2. The van der Waals surface area contributed by atoms with Gasteiger partial charge >= 0.3 is 6.03 Å². The van der Waals surface area contributed by atoms with E-state index in [-0.39, 0.29) is 23.5 Å². The van der Waals surface area contributed by atoms with Gasteiger partial charge in [-0.25, -0.2) is 9.48 Å². The molecule has 2 aromatic heterocycles. The number of hydrogen-bond donors (Lipinski definition) is 3. The number of urea groups is 1. The van der Waals surface area contributed by atoms with Crippen LogP contribution in [-0.2, 0) is 6.54 Å². The number of amides is 4. The van der Waals surface area contributed by atoms with Crippen molar-refractivity contribution in [3.8, 4) is 22.4 Å². The average Bonchev–Trinajstić information content (AvgIpc) is 3.88. The predicted octanol–water partition coefficient (Wildman–Crippen LogP) is 5.63. The van der Waals surface area contributed by atoms with E-state index in [0.717, 1.165) is 29.5 Å². The molecule has 1 aliphatic rings. The van der Waals surface area contributed by atoms with Gasteiger partial charge in [0.2, 0.25) is 0 Å². The van der Waals surface area contributed by atoms with Gasteiger partial charge in [-0.05, 0) is 100 Å². The Morgan fingerprint density at radius 2 is 1.54 bits per heavy atom. The van der Waals surface area contributed by atoms with E-state index in [0.29, 0.717) is 53.3 Å². The third-order valence-corrected chi connectivity index (χ3v) is 7.98. The maximum absolute atomic E-state index is 13.4. The van der Waals surface area contributed by atoms with Crippen LogP contribution in [0.5, 0.6) is 0 Å². The first-order chi connectivity index (χ1) is 22.1. The molecule has 0 spiro atoms. The fourth-order valence-electron chi connectivity index (χ4n) is 5.25. The lowest BCUT2D eigenvalue weighted by Crippen LogP contribution is -2.31. The molecule has 238 valence electrons. The minimum atomic E-state index is -0.560. The van der Waals surface area contributed by atoms with Gasteiger partial charge in [0.05, 0.1) is 11.4 Å². The fourth-order valence-corrected chi connectivity index (χ4v) is 5.25. The molecule has 5 rings (SSSR count). The van der Waals surface area contributed by atoms with Gasteiger partial charge < -0.3 is 20.9 Å². The van der Waals surface area contributed by atoms with Crippen molar-refractivity contribution in [1.82, 2.24) is 25.0 Å². The van der Waals surface area contributed by atoms with Crippen molar-refractivity contribution in [3.63, 3.8) is 0 Å². The normalized spacial score (nSPS) is 12.4. The van der Waals surface area contributed by atoms with E-state index < -0.39 is 11.6 Å². The lowest BCUT2D eigenvalue weighted by Gasteiger charge is -2.20. The number of aromatic nitrogens is 3. The summed E-state index contributed by atoms with van der Waals surface area (Å²) in [4.78, 5) is 58.5. The first-order valence-electron chi connectivity index (χ1n) is 15.6. The second-order valence-corrected chi connectivity index (χ2v) is 11.4. The van der Waals surface area contributed by atoms with Crippen molar-refractivity contribution >= 4 is 29.2 Å². The van der Waals surface area contributed by atoms with Crippen molar-refractivity contribution in [1.29, 1.82) is 0 Å². The van der Waals surface area contributed by atoms with E-state index in [2.05, 4.69) is 26.0 Å². The quantitative estimate of drug-likeness (QED) is 0.210. The standard InChI is InChI=1S/C35H39N7O4/c1-6-41(7-2)33(44)27-16-25(15-26(17-27)32(43)37-28-12-13-28)23-10-9-11-24(14-23)29-18-30(34(45)42(8-3)40-29)38-35(46)39-31-21(4)19-36-20-22(31)5/h9-11,14-20,28H,6-8,12-13H2,1-5H3,(H,37,43)(H2,36,38,39,46). The molecule has 0 aliphatic heterocycles. The minimum Gasteiger partial charge on any atom is -0.349 e. The Kier molecular flexibility index (Phi) is 9.60. The topological polar surface area (TPSA) is 138 Å². The zero-order chi connectivity index (χ0) is 33.0. The Hall–Kier alpha value is -5.32. The molecule has 1 fully saturated rings. The number of carbonyl (C=O) groups excluding carboxylic acids is 3. The Labute approximate surface area is 268 Å². The molecule has 11 nitrogen and oxygen atoms in total. The number of hydrogen-bond acceptors (Lipinski definition) is 6. The van der Waals surface area contributed by atoms with Gasteiger partial charge in [-0.15, -0.1) is 0 Å². The average molecular weight is 622 g/mol. The third kappa shape index (κ3) is 7.14. The molecule has 2 aromatic carbocycles. The molecule has 1 aliphatic carbocycles. The van der Waals surface area contributed by atoms with Crippen LogP contribution in [0.4, 0.5) is 16.2 Å². The first-order valence-corrected chi connectivity index (χ1v) is 15.6. The summed E-state index contributed by atoms with van der Waals surface area (Å²) in [6, 6.07) is 13.9. The second kappa shape index (κ2) is 13.8. The molecule has 0 bridgehead atoms. The smallest absolute Gasteiger partial charge is 0.323 e. The summed E-state index contributed by atoms with van der Waals surface area (Å²) in [5.41, 5.74) is 5.32. The summed E-state index contributed by atoms with van der Waals surface area (Å²) >= 11 is 0. The zero-order valence-electron chi connectivity index (χ0n) is 26.8. The van der Waals surface area contributed by atoms with Crippen molar-refractivity contribution in [2.24, 2.45) is 0 Å². The summed E-state index contributed by atoms with van der Waals surface area (Å²) in [6.45, 7) is 10.7. The highest BCUT2D eigenvalue weighted by Crippen LogP contribution is 2.29. The number of rotatable bonds is 10. The molecule has 0 unspecified atom stereocenters. The Morgan fingerprint density at radius 3 is 2.20 bits per heavy atom. The minimum absolute atomic E-state index is 0.0740. The number of pyridine rings is 1. The molecule has 46 heavy (non-hydrogen) atoms. The van der Waals surface area contributed by atoms with E-state index in [1.54, 1.807) is 48.5 Å². The number of nitrogens with one attached hydrogen (secondary N) is 3. The first kappa shape index (κ1) is 32.1. The van der Waals surface area contributed by atoms with Crippen molar-refractivity contribution in [2.75, 3.05) is 23.7 Å². The predicted molar refractivity (Wildman–Crippen MR) is 179 cm³/mol. The van der Waals surface area contributed by atoms with Crippen LogP contribution in [0.25, 0.3) is 22.4 Å². The fraction of sp³-hybridized carbons (Fsp3) is 0.314. The summed E-state index contributed by atoms with van der Waals surface area (Å²) in [6.07, 6.45) is 5.21. The molecule has 11 heteroatoms. The SMILES string of the molecule is CCN(CC)C(=O)c1cc(C(=O)NC2CC2)cc(-c2cccc(-c3cc(NC(=O)Nc4c(C)cncc4C)c(=O)n(CC)n3)c2)c1. The maximum atomic E-state index is 13.4. The zero-order valence-corrected chi connectivity index (χ0v) is 26.8. The van der Waals surface area contributed by atoms with Crippen molar-refractivity contribution in [3.05, 3.63) is 93.5 Å². The van der Waals surface area contributed by atoms with Gasteiger partial charge in [0.25, 0.3) is 17.4 Å². The molecule has 0 atom stereocenters. The lowest BCUT2D eigenvalue weighted by molar-refractivity contribution is 0.0773. The van der Waals surface area contributed by atoms with Crippen LogP contribution in [0.3, 0.4) is 0 Å². The molecule has 0 saturated heterocycles. The number of anilines is 2. The highest BCUT2D eigenvalue weighted by molar-refractivity contribution is 6.02. The summed E-state index contributed by atoms with van der Waals surface area (Å²) in [7, 11) is 0. The maximum Gasteiger partial charge on any atom is 0.323 e. The third-order valence-electron chi connectivity index (χ3n) is 7.98. The van der Waals surface area contributed by atoms with Crippen LogP contribution in [0, 0.1) is 13.8 Å². The number of benzene rings is 2.